The molecule has 6 nitrogen and oxygen atoms in total. The van der Waals surface area contributed by atoms with E-state index in [1.165, 1.54) is 18.2 Å². The Morgan fingerprint density at radius 1 is 1.26 bits per heavy atom. The summed E-state index contributed by atoms with van der Waals surface area (Å²) in [6.45, 7) is -2.67. The van der Waals surface area contributed by atoms with Crippen molar-refractivity contribution in [3.05, 3.63) is 51.4 Å². The van der Waals surface area contributed by atoms with Crippen LogP contribution in [0.2, 0.25) is 10.0 Å². The Balaban J connectivity index is 1.82. The third-order valence-corrected chi connectivity index (χ3v) is 4.36. The molecule has 1 heterocycles. The molecule has 2 aromatic rings. The fraction of sp³-hybridized carbons (Fsp3) is 0.294. The first-order valence-electron chi connectivity index (χ1n) is 7.94. The minimum atomic E-state index is -3.02. The maximum absolute atomic E-state index is 12.6. The van der Waals surface area contributed by atoms with Gasteiger partial charge >= 0.3 is 6.61 Å². The monoisotopic (exact) mass is 418 g/mol. The molecule has 1 aliphatic rings. The minimum absolute atomic E-state index is 0.0394. The zero-order chi connectivity index (χ0) is 19.6. The predicted octanol–water partition coefficient (Wildman–Crippen LogP) is 4.27. The van der Waals surface area contributed by atoms with Crippen molar-refractivity contribution >= 4 is 34.8 Å². The van der Waals surface area contributed by atoms with Gasteiger partial charge in [-0.15, -0.1) is 0 Å². The normalized spacial score (nSPS) is 13.5. The topological polar surface area (TPSA) is 74.5 Å². The van der Waals surface area contributed by atoms with Crippen LogP contribution in [-0.4, -0.2) is 19.1 Å². The first-order chi connectivity index (χ1) is 12.8. The first kappa shape index (κ1) is 19.4. The largest absolute Gasteiger partial charge is 0.619 e. The van der Waals surface area contributed by atoms with Crippen LogP contribution in [0.15, 0.2) is 30.6 Å². The van der Waals surface area contributed by atoms with Gasteiger partial charge in [0, 0.05) is 5.56 Å². The standard InChI is InChI=1S/C17H14Cl2F2N2O4/c18-11-6-23(25)7-12(19)15(11)22-16(24)10-3-4-13(27-17(20)21)14(5-10)26-8-9-1-2-9/h3-7,9,17H,1-2,8H2,(H,22,24). The van der Waals surface area contributed by atoms with Crippen LogP contribution < -0.4 is 19.5 Å². The average molecular weight is 419 g/mol. The van der Waals surface area contributed by atoms with Gasteiger partial charge in [0.25, 0.3) is 5.91 Å². The number of benzene rings is 1. The van der Waals surface area contributed by atoms with Gasteiger partial charge < -0.3 is 20.0 Å². The number of halogens is 4. The number of hydrogen-bond acceptors (Lipinski definition) is 4. The Morgan fingerprint density at radius 2 is 1.93 bits per heavy atom. The highest BCUT2D eigenvalue weighted by atomic mass is 35.5. The van der Waals surface area contributed by atoms with Gasteiger partial charge in [0.15, 0.2) is 11.5 Å². The molecule has 0 unspecified atom stereocenters. The summed E-state index contributed by atoms with van der Waals surface area (Å²) in [5, 5.41) is 13.7. The molecule has 0 aliphatic heterocycles. The number of alkyl halides is 2. The van der Waals surface area contributed by atoms with Crippen LogP contribution in [-0.2, 0) is 0 Å². The third kappa shape index (κ3) is 5.11. The van der Waals surface area contributed by atoms with Crippen LogP contribution in [0, 0.1) is 11.1 Å². The number of hydrogen-bond donors (Lipinski definition) is 1. The molecule has 1 fully saturated rings. The number of carbonyl (C=O) groups is 1. The van der Waals surface area contributed by atoms with Crippen molar-refractivity contribution in [2.45, 2.75) is 19.5 Å². The van der Waals surface area contributed by atoms with Gasteiger partial charge in [-0.05, 0) is 37.0 Å². The Labute approximate surface area is 163 Å². The summed E-state index contributed by atoms with van der Waals surface area (Å²) in [5.41, 5.74) is 0.178. The minimum Gasteiger partial charge on any atom is -0.619 e. The predicted molar refractivity (Wildman–Crippen MR) is 94.7 cm³/mol. The summed E-state index contributed by atoms with van der Waals surface area (Å²) in [6, 6.07) is 3.83. The highest BCUT2D eigenvalue weighted by Gasteiger charge is 2.24. The second-order valence-electron chi connectivity index (χ2n) is 5.94. The third-order valence-electron chi connectivity index (χ3n) is 3.79. The van der Waals surface area contributed by atoms with E-state index in [9.17, 15) is 18.8 Å². The molecule has 144 valence electrons. The lowest BCUT2D eigenvalue weighted by molar-refractivity contribution is -0.605. The van der Waals surface area contributed by atoms with Gasteiger partial charge in [-0.25, -0.2) is 0 Å². The number of anilines is 1. The molecule has 3 rings (SSSR count). The van der Waals surface area contributed by atoms with Crippen LogP contribution in [0.25, 0.3) is 0 Å². The van der Waals surface area contributed by atoms with Crippen LogP contribution in [0.3, 0.4) is 0 Å². The van der Waals surface area contributed by atoms with Crippen molar-refractivity contribution < 1.29 is 27.8 Å². The number of pyridine rings is 1. The zero-order valence-corrected chi connectivity index (χ0v) is 15.3. The Hall–Kier alpha value is -2.32. The quantitative estimate of drug-likeness (QED) is 0.538. The number of aromatic nitrogens is 1. The van der Waals surface area contributed by atoms with Crippen molar-refractivity contribution in [1.82, 2.24) is 0 Å². The van der Waals surface area contributed by atoms with Gasteiger partial charge in [0.05, 0.1) is 12.3 Å². The van der Waals surface area contributed by atoms with E-state index in [0.29, 0.717) is 17.3 Å². The lowest BCUT2D eigenvalue weighted by atomic mass is 10.2. The molecule has 1 aromatic carbocycles. The van der Waals surface area contributed by atoms with Gasteiger partial charge in [-0.2, -0.15) is 13.5 Å². The van der Waals surface area contributed by atoms with E-state index in [2.05, 4.69) is 10.1 Å². The Bertz CT molecular complexity index is 840. The lowest BCUT2D eigenvalue weighted by Gasteiger charge is -2.14. The summed E-state index contributed by atoms with van der Waals surface area (Å²) in [7, 11) is 0. The first-order valence-corrected chi connectivity index (χ1v) is 8.70. The van der Waals surface area contributed by atoms with Crippen molar-refractivity contribution in [1.29, 1.82) is 0 Å². The molecule has 0 atom stereocenters. The van der Waals surface area contributed by atoms with E-state index >= 15 is 0 Å². The van der Waals surface area contributed by atoms with Crippen LogP contribution in [0.4, 0.5) is 14.5 Å². The molecule has 1 aromatic heterocycles. The SMILES string of the molecule is O=C(Nc1c(Cl)c[n+]([O-])cc1Cl)c1ccc(OC(F)F)c(OCC2CC2)c1. The molecule has 1 amide bonds. The molecule has 0 radical (unpaired) electrons. The molecular weight excluding hydrogens is 405 g/mol. The van der Waals surface area contributed by atoms with E-state index in [1.807, 2.05) is 0 Å². The fourth-order valence-electron chi connectivity index (χ4n) is 2.26. The highest BCUT2D eigenvalue weighted by molar-refractivity contribution is 6.39. The van der Waals surface area contributed by atoms with Crippen molar-refractivity contribution in [2.75, 3.05) is 11.9 Å². The van der Waals surface area contributed by atoms with Crippen LogP contribution in [0.5, 0.6) is 11.5 Å². The zero-order valence-electron chi connectivity index (χ0n) is 13.8. The number of rotatable bonds is 7. The van der Waals surface area contributed by atoms with Gasteiger partial charge in [-0.1, -0.05) is 23.2 Å². The van der Waals surface area contributed by atoms with E-state index in [4.69, 9.17) is 27.9 Å². The summed E-state index contributed by atoms with van der Waals surface area (Å²) < 4.78 is 35.5. The molecule has 10 heteroatoms. The van der Waals surface area contributed by atoms with Crippen molar-refractivity contribution in [2.24, 2.45) is 5.92 Å². The van der Waals surface area contributed by atoms with Gasteiger partial charge in [0.2, 0.25) is 12.4 Å². The Morgan fingerprint density at radius 3 is 2.52 bits per heavy atom. The highest BCUT2D eigenvalue weighted by Crippen LogP contribution is 2.35. The number of nitrogens with one attached hydrogen (secondary N) is 1. The summed E-state index contributed by atoms with van der Waals surface area (Å²) in [4.78, 5) is 12.5. The average Bonchev–Trinajstić information content (AvgIpc) is 3.40. The smallest absolute Gasteiger partial charge is 0.387 e. The summed E-state index contributed by atoms with van der Waals surface area (Å²) in [5.74, 6) is -0.354. The molecular formula is C17H14Cl2F2N2O4. The number of amides is 1. The van der Waals surface area contributed by atoms with Crippen LogP contribution >= 0.6 is 23.2 Å². The Kier molecular flexibility index (Phi) is 5.86. The van der Waals surface area contributed by atoms with E-state index in [-0.39, 0.29) is 32.8 Å². The van der Waals surface area contributed by atoms with Crippen molar-refractivity contribution in [3.63, 3.8) is 0 Å². The molecule has 1 saturated carbocycles. The van der Waals surface area contributed by atoms with Crippen molar-refractivity contribution in [3.8, 4) is 11.5 Å². The molecule has 27 heavy (non-hydrogen) atoms. The molecule has 1 aliphatic carbocycles. The molecule has 0 spiro atoms. The number of carbonyl (C=O) groups excluding carboxylic acids is 1. The fourth-order valence-corrected chi connectivity index (χ4v) is 2.80. The van der Waals surface area contributed by atoms with Crippen LogP contribution in [0.1, 0.15) is 23.2 Å². The van der Waals surface area contributed by atoms with E-state index in [0.717, 1.165) is 25.2 Å². The van der Waals surface area contributed by atoms with E-state index < -0.39 is 12.5 Å². The van der Waals surface area contributed by atoms with E-state index in [1.54, 1.807) is 0 Å². The molecule has 0 bridgehead atoms. The summed E-state index contributed by atoms with van der Waals surface area (Å²) in [6.07, 6.45) is 4.09. The lowest BCUT2D eigenvalue weighted by Crippen LogP contribution is -2.25. The maximum atomic E-state index is 12.6. The van der Waals surface area contributed by atoms with Gasteiger partial charge in [-0.3, -0.25) is 4.79 Å². The second-order valence-corrected chi connectivity index (χ2v) is 6.75. The maximum Gasteiger partial charge on any atom is 0.387 e. The molecule has 1 N–H and O–H groups in total. The molecule has 0 saturated heterocycles. The number of ether oxygens (including phenoxy) is 2. The van der Waals surface area contributed by atoms with Gasteiger partial charge in [0.1, 0.15) is 10.0 Å². The number of nitrogens with zero attached hydrogens (tertiary/aromatic N) is 1. The second kappa shape index (κ2) is 8.14. The summed E-state index contributed by atoms with van der Waals surface area (Å²) >= 11 is 11.8.